The lowest BCUT2D eigenvalue weighted by molar-refractivity contribution is -0.139. The van der Waals surface area contributed by atoms with Gasteiger partial charge in [-0.2, -0.15) is 0 Å². The highest BCUT2D eigenvalue weighted by atomic mass is 16.3. The minimum absolute atomic E-state index is 0.202. The first-order chi connectivity index (χ1) is 16.6. The van der Waals surface area contributed by atoms with E-state index in [4.69, 9.17) is 11.5 Å². The van der Waals surface area contributed by atoms with Crippen LogP contribution in [0.5, 0.6) is 0 Å². The van der Waals surface area contributed by atoms with Gasteiger partial charge in [-0.1, -0.05) is 37.3 Å². The second-order valence-corrected chi connectivity index (χ2v) is 9.15. The van der Waals surface area contributed by atoms with Gasteiger partial charge in [0, 0.05) is 19.0 Å². The molecule has 0 aromatic heterocycles. The Bertz CT molecular complexity index is 863. The van der Waals surface area contributed by atoms with Gasteiger partial charge in [0.1, 0.15) is 12.1 Å². The minimum Gasteiger partial charge on any atom is -0.391 e. The average Bonchev–Trinajstić information content (AvgIpc) is 3.33. The highest BCUT2D eigenvalue weighted by Crippen LogP contribution is 2.19. The first kappa shape index (κ1) is 28.3. The molecule has 1 heterocycles. The Morgan fingerprint density at radius 3 is 2.49 bits per heavy atom. The number of carbonyl (C=O) groups is 4. The number of nitrogens with one attached hydrogen (secondary N) is 2. The minimum atomic E-state index is -1.18. The SMILES string of the molecule is CC[C@H](N)C(=O)N1CCC[C@H]1C(=O)NCCC[C@H](Cc1ccccc1)C(=O)N[C@H](C(N)=O)[C@@H](C)O. The number of aliphatic hydroxyl groups is 1. The third-order valence-corrected chi connectivity index (χ3v) is 6.41. The fourth-order valence-corrected chi connectivity index (χ4v) is 4.29. The van der Waals surface area contributed by atoms with Crippen molar-refractivity contribution in [3.8, 4) is 0 Å². The number of rotatable bonds is 13. The fraction of sp³-hybridized carbons (Fsp3) is 0.600. The standard InChI is InChI=1S/C25H39N5O5/c1-3-19(26)25(35)30-14-8-12-20(30)24(34)28-13-7-11-18(15-17-9-5-4-6-10-17)23(33)29-21(16(2)31)22(27)32/h4-6,9-10,16,18-21,31H,3,7-8,11-15,26H2,1-2H3,(H2,27,32)(H,28,34)(H,29,33)/t16-,18-,19+,20+,21+/m1/s1. The number of amides is 4. The van der Waals surface area contributed by atoms with Crippen LogP contribution in [0.1, 0.15) is 51.5 Å². The summed E-state index contributed by atoms with van der Waals surface area (Å²) < 4.78 is 0. The van der Waals surface area contributed by atoms with E-state index in [-0.39, 0.29) is 17.7 Å². The molecular weight excluding hydrogens is 450 g/mol. The number of likely N-dealkylation sites (tertiary alicyclic amines) is 1. The molecule has 1 fully saturated rings. The van der Waals surface area contributed by atoms with Crippen LogP contribution in [0.2, 0.25) is 0 Å². The van der Waals surface area contributed by atoms with Gasteiger partial charge < -0.3 is 32.1 Å². The molecule has 0 bridgehead atoms. The van der Waals surface area contributed by atoms with Crippen molar-refractivity contribution in [1.29, 1.82) is 0 Å². The van der Waals surface area contributed by atoms with E-state index in [1.54, 1.807) is 4.90 Å². The lowest BCUT2D eigenvalue weighted by atomic mass is 9.93. The largest absolute Gasteiger partial charge is 0.391 e. The van der Waals surface area contributed by atoms with Crippen LogP contribution in [0.25, 0.3) is 0 Å². The number of nitrogens with zero attached hydrogens (tertiary/aromatic N) is 1. The highest BCUT2D eigenvalue weighted by molar-refractivity contribution is 5.90. The smallest absolute Gasteiger partial charge is 0.242 e. The van der Waals surface area contributed by atoms with E-state index in [2.05, 4.69) is 10.6 Å². The van der Waals surface area contributed by atoms with Crippen molar-refractivity contribution in [3.05, 3.63) is 35.9 Å². The van der Waals surface area contributed by atoms with E-state index < -0.39 is 36.1 Å². The summed E-state index contributed by atoms with van der Waals surface area (Å²) in [5.74, 6) is -2.09. The van der Waals surface area contributed by atoms with E-state index >= 15 is 0 Å². The summed E-state index contributed by atoms with van der Waals surface area (Å²) in [6, 6.07) is 7.16. The molecular formula is C25H39N5O5. The molecule has 0 spiro atoms. The normalized spacial score (nSPS) is 18.9. The molecule has 1 aliphatic rings. The molecule has 10 heteroatoms. The Morgan fingerprint density at radius 2 is 1.89 bits per heavy atom. The van der Waals surface area contributed by atoms with Gasteiger partial charge in [-0.15, -0.1) is 0 Å². The predicted octanol–water partition coefficient (Wildman–Crippen LogP) is -0.179. The molecule has 0 unspecified atom stereocenters. The van der Waals surface area contributed by atoms with Crippen molar-refractivity contribution in [2.45, 2.75) is 76.6 Å². The van der Waals surface area contributed by atoms with Crippen LogP contribution in [-0.4, -0.2) is 71.0 Å². The number of aliphatic hydroxyl groups excluding tert-OH is 1. The van der Waals surface area contributed by atoms with Crippen molar-refractivity contribution in [2.24, 2.45) is 17.4 Å². The summed E-state index contributed by atoms with van der Waals surface area (Å²) in [7, 11) is 0. The first-order valence-corrected chi connectivity index (χ1v) is 12.3. The third kappa shape index (κ3) is 8.32. The van der Waals surface area contributed by atoms with Crippen molar-refractivity contribution in [2.75, 3.05) is 13.1 Å². The molecule has 194 valence electrons. The van der Waals surface area contributed by atoms with Gasteiger partial charge in [0.15, 0.2) is 0 Å². The summed E-state index contributed by atoms with van der Waals surface area (Å²) in [4.78, 5) is 51.3. The number of benzene rings is 1. The molecule has 5 atom stereocenters. The summed E-state index contributed by atoms with van der Waals surface area (Å²) in [6.07, 6.45) is 2.14. The lowest BCUT2D eigenvalue weighted by Crippen LogP contribution is -2.52. The molecule has 7 N–H and O–H groups in total. The van der Waals surface area contributed by atoms with E-state index in [0.717, 1.165) is 12.0 Å². The molecule has 1 aliphatic heterocycles. The molecule has 4 amide bonds. The molecule has 35 heavy (non-hydrogen) atoms. The summed E-state index contributed by atoms with van der Waals surface area (Å²) in [5, 5.41) is 15.2. The summed E-state index contributed by atoms with van der Waals surface area (Å²) in [5.41, 5.74) is 12.1. The molecule has 0 radical (unpaired) electrons. The molecule has 0 saturated carbocycles. The molecule has 10 nitrogen and oxygen atoms in total. The molecule has 0 aliphatic carbocycles. The fourth-order valence-electron chi connectivity index (χ4n) is 4.29. The van der Waals surface area contributed by atoms with Crippen LogP contribution >= 0.6 is 0 Å². The second kappa shape index (κ2) is 13.8. The van der Waals surface area contributed by atoms with Crippen LogP contribution in [-0.2, 0) is 25.6 Å². The van der Waals surface area contributed by atoms with Gasteiger partial charge in [-0.25, -0.2) is 0 Å². The van der Waals surface area contributed by atoms with Gasteiger partial charge in [0.05, 0.1) is 12.1 Å². The van der Waals surface area contributed by atoms with Crippen molar-refractivity contribution < 1.29 is 24.3 Å². The highest BCUT2D eigenvalue weighted by Gasteiger charge is 2.35. The number of hydrogen-bond donors (Lipinski definition) is 5. The third-order valence-electron chi connectivity index (χ3n) is 6.41. The van der Waals surface area contributed by atoms with Gasteiger partial charge in [0.2, 0.25) is 23.6 Å². The Morgan fingerprint density at radius 1 is 1.20 bits per heavy atom. The zero-order valence-electron chi connectivity index (χ0n) is 20.6. The molecule has 1 aromatic carbocycles. The Labute approximate surface area is 206 Å². The number of carbonyl (C=O) groups excluding carboxylic acids is 4. The van der Waals surface area contributed by atoms with Gasteiger partial charge in [-0.05, 0) is 51.0 Å². The monoisotopic (exact) mass is 489 g/mol. The van der Waals surface area contributed by atoms with Gasteiger partial charge >= 0.3 is 0 Å². The maximum Gasteiger partial charge on any atom is 0.242 e. The van der Waals surface area contributed by atoms with E-state index in [9.17, 15) is 24.3 Å². The van der Waals surface area contributed by atoms with Gasteiger partial charge in [-0.3, -0.25) is 19.2 Å². The zero-order chi connectivity index (χ0) is 26.0. The van der Waals surface area contributed by atoms with E-state index in [1.165, 1.54) is 6.92 Å². The lowest BCUT2D eigenvalue weighted by Gasteiger charge is -2.26. The van der Waals surface area contributed by atoms with Crippen LogP contribution in [0.3, 0.4) is 0 Å². The van der Waals surface area contributed by atoms with E-state index in [1.807, 2.05) is 37.3 Å². The quantitative estimate of drug-likeness (QED) is 0.241. The summed E-state index contributed by atoms with van der Waals surface area (Å²) >= 11 is 0. The molecule has 2 rings (SSSR count). The van der Waals surface area contributed by atoms with Crippen LogP contribution in [0.15, 0.2) is 30.3 Å². The number of primary amides is 1. The van der Waals surface area contributed by atoms with Gasteiger partial charge in [0.25, 0.3) is 0 Å². The maximum absolute atomic E-state index is 12.9. The molecule has 1 saturated heterocycles. The summed E-state index contributed by atoms with van der Waals surface area (Å²) in [6.45, 7) is 4.09. The Kier molecular flexibility index (Phi) is 11.1. The van der Waals surface area contributed by atoms with Crippen molar-refractivity contribution in [1.82, 2.24) is 15.5 Å². The topological polar surface area (TPSA) is 168 Å². The maximum atomic E-state index is 12.9. The first-order valence-electron chi connectivity index (χ1n) is 12.3. The van der Waals surface area contributed by atoms with Crippen LogP contribution < -0.4 is 22.1 Å². The number of hydrogen-bond acceptors (Lipinski definition) is 6. The van der Waals surface area contributed by atoms with Crippen molar-refractivity contribution in [3.63, 3.8) is 0 Å². The second-order valence-electron chi connectivity index (χ2n) is 9.15. The Hall–Kier alpha value is -2.98. The predicted molar refractivity (Wildman–Crippen MR) is 132 cm³/mol. The molecule has 1 aromatic rings. The Balaban J connectivity index is 1.95. The number of nitrogens with two attached hydrogens (primary N) is 2. The van der Waals surface area contributed by atoms with Crippen LogP contribution in [0.4, 0.5) is 0 Å². The van der Waals surface area contributed by atoms with Crippen LogP contribution in [0, 0.1) is 5.92 Å². The zero-order valence-corrected chi connectivity index (χ0v) is 20.6. The van der Waals surface area contributed by atoms with E-state index in [0.29, 0.717) is 45.2 Å². The van der Waals surface area contributed by atoms with Crippen molar-refractivity contribution >= 4 is 23.6 Å². The average molecular weight is 490 g/mol.